The third kappa shape index (κ3) is 4.53. The highest BCUT2D eigenvalue weighted by atomic mass is 16.5. The summed E-state index contributed by atoms with van der Waals surface area (Å²) in [5.41, 5.74) is 2.14. The van der Waals surface area contributed by atoms with Crippen LogP contribution in [0.4, 0.5) is 0 Å². The maximum absolute atomic E-state index is 12.8. The highest BCUT2D eigenvalue weighted by Crippen LogP contribution is 2.36. The molecule has 1 amide bonds. The molecule has 3 heterocycles. The van der Waals surface area contributed by atoms with Crippen molar-refractivity contribution in [2.24, 2.45) is 0 Å². The van der Waals surface area contributed by atoms with Crippen molar-refractivity contribution in [3.63, 3.8) is 0 Å². The average Bonchev–Trinajstić information content (AvgIpc) is 3.22. The Morgan fingerprint density at radius 1 is 1.26 bits per heavy atom. The van der Waals surface area contributed by atoms with Gasteiger partial charge in [0.15, 0.2) is 0 Å². The molecular formula is C25H29NO5. The van der Waals surface area contributed by atoms with Crippen LogP contribution in [0, 0.1) is 6.92 Å². The van der Waals surface area contributed by atoms with Crippen LogP contribution in [0.5, 0.6) is 5.75 Å². The highest BCUT2D eigenvalue weighted by Gasteiger charge is 2.28. The molecule has 6 nitrogen and oxygen atoms in total. The van der Waals surface area contributed by atoms with E-state index in [1.807, 2.05) is 31.2 Å². The summed E-state index contributed by atoms with van der Waals surface area (Å²) in [5, 5.41) is 0.866. The molecule has 1 aliphatic heterocycles. The Bertz CT molecular complexity index is 1160. The van der Waals surface area contributed by atoms with Gasteiger partial charge in [-0.1, -0.05) is 0 Å². The number of carbonyl (C=O) groups excluding carboxylic acids is 1. The maximum atomic E-state index is 12.8. The number of hydrogen-bond donors (Lipinski definition) is 0. The van der Waals surface area contributed by atoms with E-state index in [2.05, 4.69) is 13.8 Å². The molecule has 0 saturated carbocycles. The second-order valence-corrected chi connectivity index (χ2v) is 8.99. The molecule has 0 radical (unpaired) electrons. The molecule has 3 aromatic rings. The van der Waals surface area contributed by atoms with Crippen molar-refractivity contribution in [3.05, 3.63) is 63.4 Å². The molecular weight excluding hydrogens is 394 g/mol. The van der Waals surface area contributed by atoms with E-state index >= 15 is 0 Å². The largest absolute Gasteiger partial charge is 0.487 e. The van der Waals surface area contributed by atoms with Crippen LogP contribution in [0.25, 0.3) is 11.0 Å². The number of aryl methyl sites for hydroxylation is 3. The van der Waals surface area contributed by atoms with E-state index in [4.69, 9.17) is 13.6 Å². The van der Waals surface area contributed by atoms with Gasteiger partial charge in [-0.25, -0.2) is 4.79 Å². The van der Waals surface area contributed by atoms with Gasteiger partial charge in [0.2, 0.25) is 5.91 Å². The van der Waals surface area contributed by atoms with E-state index in [0.29, 0.717) is 17.7 Å². The molecule has 0 saturated heterocycles. The van der Waals surface area contributed by atoms with Crippen molar-refractivity contribution in [2.75, 3.05) is 13.6 Å². The van der Waals surface area contributed by atoms with Gasteiger partial charge in [-0.3, -0.25) is 4.79 Å². The number of furan rings is 1. The van der Waals surface area contributed by atoms with Crippen LogP contribution in [0.3, 0.4) is 0 Å². The van der Waals surface area contributed by atoms with Crippen LogP contribution >= 0.6 is 0 Å². The highest BCUT2D eigenvalue weighted by molar-refractivity contribution is 5.86. The lowest BCUT2D eigenvalue weighted by molar-refractivity contribution is -0.129. The number of nitrogens with zero attached hydrogens (tertiary/aromatic N) is 1. The van der Waals surface area contributed by atoms with Crippen molar-refractivity contribution in [3.8, 4) is 5.75 Å². The number of benzene rings is 1. The van der Waals surface area contributed by atoms with E-state index in [0.717, 1.165) is 53.7 Å². The van der Waals surface area contributed by atoms with Crippen molar-refractivity contribution in [1.82, 2.24) is 4.90 Å². The molecule has 2 aromatic heterocycles. The lowest BCUT2D eigenvalue weighted by Crippen LogP contribution is -2.32. The van der Waals surface area contributed by atoms with Gasteiger partial charge in [0.05, 0.1) is 18.2 Å². The summed E-state index contributed by atoms with van der Waals surface area (Å²) < 4.78 is 17.0. The molecule has 0 bridgehead atoms. The summed E-state index contributed by atoms with van der Waals surface area (Å²) in [4.78, 5) is 27.1. The van der Waals surface area contributed by atoms with Gasteiger partial charge in [-0.05, 0) is 69.4 Å². The van der Waals surface area contributed by atoms with Gasteiger partial charge < -0.3 is 18.5 Å². The molecule has 0 spiro atoms. The van der Waals surface area contributed by atoms with Gasteiger partial charge in [0, 0.05) is 31.5 Å². The Kier molecular flexibility index (Phi) is 5.65. The molecule has 0 atom stereocenters. The van der Waals surface area contributed by atoms with E-state index in [9.17, 15) is 9.59 Å². The quantitative estimate of drug-likeness (QED) is 0.549. The number of rotatable bonds is 6. The molecule has 1 aliphatic rings. The topological polar surface area (TPSA) is 72.9 Å². The van der Waals surface area contributed by atoms with Crippen molar-refractivity contribution in [2.45, 2.75) is 58.5 Å². The van der Waals surface area contributed by atoms with Gasteiger partial charge in [-0.2, -0.15) is 0 Å². The standard InChI is InChI=1S/C25H29NO5/c1-16-19-13-17-9-10-25(2,3)31-21(17)15-22(19)30-24(28)20(16)14-23(27)26(4)11-5-7-18-8-6-12-29-18/h6,8,12-13,15H,5,7,9-11,14H2,1-4H3. The van der Waals surface area contributed by atoms with Crippen LogP contribution in [-0.2, 0) is 24.1 Å². The molecule has 6 heteroatoms. The molecule has 0 aliphatic carbocycles. The summed E-state index contributed by atoms with van der Waals surface area (Å²) in [6.45, 7) is 6.60. The first-order valence-corrected chi connectivity index (χ1v) is 10.8. The van der Waals surface area contributed by atoms with Crippen LogP contribution in [0.15, 0.2) is 44.2 Å². The zero-order valence-corrected chi connectivity index (χ0v) is 18.6. The Hall–Kier alpha value is -3.02. The first-order valence-electron chi connectivity index (χ1n) is 10.8. The predicted octanol–water partition coefficient (Wildman–Crippen LogP) is 4.43. The average molecular weight is 424 g/mol. The third-order valence-corrected chi connectivity index (χ3v) is 6.10. The number of likely N-dealkylation sites (N-methyl/N-ethyl adjacent to an activating group) is 1. The number of hydrogen-bond acceptors (Lipinski definition) is 5. The molecule has 0 unspecified atom stereocenters. The Morgan fingerprint density at radius 3 is 2.81 bits per heavy atom. The predicted molar refractivity (Wildman–Crippen MR) is 119 cm³/mol. The first-order chi connectivity index (χ1) is 14.7. The minimum Gasteiger partial charge on any atom is -0.487 e. The maximum Gasteiger partial charge on any atom is 0.340 e. The van der Waals surface area contributed by atoms with Crippen molar-refractivity contribution in [1.29, 1.82) is 0 Å². The first kappa shape index (κ1) is 21.2. The normalized spacial score (nSPS) is 14.8. The summed E-state index contributed by atoms with van der Waals surface area (Å²) in [6.07, 6.45) is 5.08. The second kappa shape index (κ2) is 8.25. The van der Waals surface area contributed by atoms with Crippen LogP contribution in [0.1, 0.15) is 49.1 Å². The summed E-state index contributed by atoms with van der Waals surface area (Å²) in [7, 11) is 1.76. The molecule has 4 rings (SSSR count). The molecule has 1 aromatic carbocycles. The molecule has 0 fully saturated rings. The van der Waals surface area contributed by atoms with Crippen molar-refractivity contribution < 1.29 is 18.4 Å². The minimum absolute atomic E-state index is 0.0297. The fraction of sp³-hybridized carbons (Fsp3) is 0.440. The van der Waals surface area contributed by atoms with E-state index in [1.165, 1.54) is 0 Å². The number of amides is 1. The minimum atomic E-state index is -0.461. The van der Waals surface area contributed by atoms with E-state index in [1.54, 1.807) is 18.2 Å². The van der Waals surface area contributed by atoms with Crippen LogP contribution < -0.4 is 10.4 Å². The number of ether oxygens (including phenoxy) is 1. The zero-order valence-electron chi connectivity index (χ0n) is 18.6. The summed E-state index contributed by atoms with van der Waals surface area (Å²) >= 11 is 0. The Morgan fingerprint density at radius 2 is 2.06 bits per heavy atom. The summed E-state index contributed by atoms with van der Waals surface area (Å²) in [6, 6.07) is 7.64. The van der Waals surface area contributed by atoms with Gasteiger partial charge in [-0.15, -0.1) is 0 Å². The van der Waals surface area contributed by atoms with Gasteiger partial charge >= 0.3 is 5.63 Å². The monoisotopic (exact) mass is 423 g/mol. The number of carbonyl (C=O) groups is 1. The van der Waals surface area contributed by atoms with E-state index < -0.39 is 5.63 Å². The van der Waals surface area contributed by atoms with Gasteiger partial charge in [0.1, 0.15) is 22.7 Å². The molecule has 164 valence electrons. The fourth-order valence-electron chi connectivity index (χ4n) is 4.10. The fourth-order valence-corrected chi connectivity index (χ4v) is 4.10. The second-order valence-electron chi connectivity index (χ2n) is 8.99. The van der Waals surface area contributed by atoms with Crippen LogP contribution in [0.2, 0.25) is 0 Å². The van der Waals surface area contributed by atoms with Gasteiger partial charge in [0.25, 0.3) is 0 Å². The SMILES string of the molecule is Cc1c(CC(=O)N(C)CCCc2ccco2)c(=O)oc2cc3c(cc12)CCC(C)(C)O3. The van der Waals surface area contributed by atoms with E-state index in [-0.39, 0.29) is 17.9 Å². The zero-order chi connectivity index (χ0) is 22.2. The molecule has 31 heavy (non-hydrogen) atoms. The summed E-state index contributed by atoms with van der Waals surface area (Å²) in [5.74, 6) is 1.58. The smallest absolute Gasteiger partial charge is 0.340 e. The van der Waals surface area contributed by atoms with Crippen molar-refractivity contribution >= 4 is 16.9 Å². The third-order valence-electron chi connectivity index (χ3n) is 6.10. The number of fused-ring (bicyclic) bond motifs is 2. The van der Waals surface area contributed by atoms with Crippen LogP contribution in [-0.4, -0.2) is 30.0 Å². The molecule has 0 N–H and O–H groups in total. The Labute approximate surface area is 181 Å². The lowest BCUT2D eigenvalue weighted by Gasteiger charge is -2.32. The lowest BCUT2D eigenvalue weighted by atomic mass is 9.92. The Balaban J connectivity index is 1.52.